The number of aryl methyl sites for hydroxylation is 2. The molecule has 20 heavy (non-hydrogen) atoms. The van der Waals surface area contributed by atoms with Crippen molar-refractivity contribution in [1.82, 2.24) is 4.90 Å². The highest BCUT2D eigenvalue weighted by atomic mass is 28.3. The first-order valence-electron chi connectivity index (χ1n) is 7.81. The fraction of sp³-hybridized carbons (Fsp3) is 0.556. The molecule has 0 fully saturated rings. The first kappa shape index (κ1) is 15.5. The van der Waals surface area contributed by atoms with Gasteiger partial charge in [0.15, 0.2) is 0 Å². The molecule has 0 aromatic heterocycles. The third kappa shape index (κ3) is 3.24. The van der Waals surface area contributed by atoms with Gasteiger partial charge in [-0.05, 0) is 42.6 Å². The molecule has 0 amide bonds. The van der Waals surface area contributed by atoms with Crippen LogP contribution in [0, 0.1) is 6.92 Å². The van der Waals surface area contributed by atoms with Crippen molar-refractivity contribution in [3.05, 3.63) is 47.0 Å². The smallest absolute Gasteiger partial charge is 0.0531 e. The molecular weight excluding hydrogens is 258 g/mol. The standard InChI is InChI=1S/C18H29NSi/c1-7-15-9-8-14(2)17(12-15)18-11-10-16(13-19(18)3)20(4,5)6/h8-12,16,18H,7,13H2,1-6H3. The molecule has 0 spiro atoms. The van der Waals surface area contributed by atoms with Crippen LogP contribution in [0.5, 0.6) is 0 Å². The van der Waals surface area contributed by atoms with E-state index in [4.69, 9.17) is 0 Å². The molecule has 1 aliphatic heterocycles. The van der Waals surface area contributed by atoms with Crippen LogP contribution in [-0.2, 0) is 6.42 Å². The van der Waals surface area contributed by atoms with Crippen molar-refractivity contribution in [2.24, 2.45) is 0 Å². The summed E-state index contributed by atoms with van der Waals surface area (Å²) in [4.78, 5) is 2.53. The molecule has 2 heteroatoms. The van der Waals surface area contributed by atoms with Crippen molar-refractivity contribution in [2.75, 3.05) is 13.6 Å². The van der Waals surface area contributed by atoms with Crippen LogP contribution in [-0.4, -0.2) is 26.6 Å². The number of likely N-dealkylation sites (N-methyl/N-ethyl adjacent to an activating group) is 1. The van der Waals surface area contributed by atoms with Gasteiger partial charge >= 0.3 is 0 Å². The second kappa shape index (κ2) is 5.86. The minimum absolute atomic E-state index is 0.453. The number of benzene rings is 1. The fourth-order valence-corrected chi connectivity index (χ4v) is 4.53. The number of rotatable bonds is 3. The van der Waals surface area contributed by atoms with Gasteiger partial charge in [0.05, 0.1) is 14.1 Å². The Morgan fingerprint density at radius 1 is 1.20 bits per heavy atom. The largest absolute Gasteiger partial charge is 0.296 e. The van der Waals surface area contributed by atoms with E-state index in [1.165, 1.54) is 23.2 Å². The van der Waals surface area contributed by atoms with Crippen LogP contribution in [0.25, 0.3) is 0 Å². The van der Waals surface area contributed by atoms with Gasteiger partial charge in [-0.15, -0.1) is 0 Å². The van der Waals surface area contributed by atoms with Crippen LogP contribution in [0.1, 0.15) is 29.7 Å². The van der Waals surface area contributed by atoms with Crippen molar-refractivity contribution in [3.63, 3.8) is 0 Å². The lowest BCUT2D eigenvalue weighted by molar-refractivity contribution is 0.276. The molecule has 0 saturated heterocycles. The van der Waals surface area contributed by atoms with E-state index < -0.39 is 8.07 Å². The molecule has 2 unspecified atom stereocenters. The minimum atomic E-state index is -1.09. The van der Waals surface area contributed by atoms with Crippen molar-refractivity contribution < 1.29 is 0 Å². The molecular formula is C18H29NSi. The van der Waals surface area contributed by atoms with E-state index in [9.17, 15) is 0 Å². The Morgan fingerprint density at radius 3 is 2.45 bits per heavy atom. The maximum atomic E-state index is 2.53. The maximum Gasteiger partial charge on any atom is 0.0531 e. The zero-order valence-electron chi connectivity index (χ0n) is 13.9. The van der Waals surface area contributed by atoms with Crippen molar-refractivity contribution in [2.45, 2.75) is 51.5 Å². The monoisotopic (exact) mass is 287 g/mol. The molecule has 0 aliphatic carbocycles. The van der Waals surface area contributed by atoms with Crippen LogP contribution < -0.4 is 0 Å². The summed E-state index contributed by atoms with van der Waals surface area (Å²) in [7, 11) is 1.19. The van der Waals surface area contributed by atoms with Crippen LogP contribution in [0.15, 0.2) is 30.4 Å². The van der Waals surface area contributed by atoms with E-state index in [-0.39, 0.29) is 0 Å². The molecule has 1 aromatic rings. The molecule has 1 aliphatic rings. The van der Waals surface area contributed by atoms with Gasteiger partial charge in [-0.2, -0.15) is 0 Å². The van der Waals surface area contributed by atoms with Gasteiger partial charge in [0.2, 0.25) is 0 Å². The Hall–Kier alpha value is -0.863. The Kier molecular flexibility index (Phi) is 4.55. The average Bonchev–Trinajstić information content (AvgIpc) is 2.38. The van der Waals surface area contributed by atoms with Crippen LogP contribution >= 0.6 is 0 Å². The first-order valence-corrected chi connectivity index (χ1v) is 11.4. The number of hydrogen-bond acceptors (Lipinski definition) is 1. The van der Waals surface area contributed by atoms with Gasteiger partial charge in [0, 0.05) is 6.54 Å². The van der Waals surface area contributed by atoms with Crippen LogP contribution in [0.3, 0.4) is 0 Å². The summed E-state index contributed by atoms with van der Waals surface area (Å²) in [6.45, 7) is 13.1. The summed E-state index contributed by atoms with van der Waals surface area (Å²) in [5, 5.41) is 0. The summed E-state index contributed by atoms with van der Waals surface area (Å²) in [5.41, 5.74) is 5.12. The molecule has 0 saturated carbocycles. The van der Waals surface area contributed by atoms with Gasteiger partial charge in [0.1, 0.15) is 0 Å². The third-order valence-corrected chi connectivity index (χ3v) is 7.27. The van der Waals surface area contributed by atoms with Gasteiger partial charge < -0.3 is 0 Å². The number of nitrogens with zero attached hydrogens (tertiary/aromatic N) is 1. The van der Waals surface area contributed by atoms with Gasteiger partial charge in [0.25, 0.3) is 0 Å². The van der Waals surface area contributed by atoms with Gasteiger partial charge in [-0.25, -0.2) is 0 Å². The average molecular weight is 288 g/mol. The van der Waals surface area contributed by atoms with Gasteiger partial charge in [-0.3, -0.25) is 4.90 Å². The quantitative estimate of drug-likeness (QED) is 0.570. The summed E-state index contributed by atoms with van der Waals surface area (Å²) < 4.78 is 0. The zero-order valence-corrected chi connectivity index (χ0v) is 14.9. The molecule has 1 aromatic carbocycles. The second-order valence-electron chi connectivity index (χ2n) is 7.29. The lowest BCUT2D eigenvalue weighted by Crippen LogP contribution is -2.39. The van der Waals surface area contributed by atoms with Crippen molar-refractivity contribution in [1.29, 1.82) is 0 Å². The minimum Gasteiger partial charge on any atom is -0.296 e. The SMILES string of the molecule is CCc1ccc(C)c(C2C=CC([Si](C)(C)C)CN2C)c1. The van der Waals surface area contributed by atoms with E-state index in [1.807, 2.05) is 0 Å². The van der Waals surface area contributed by atoms with Gasteiger partial charge in [-0.1, -0.05) is 56.9 Å². The molecule has 1 heterocycles. The zero-order chi connectivity index (χ0) is 14.9. The highest BCUT2D eigenvalue weighted by molar-refractivity contribution is 6.78. The van der Waals surface area contributed by atoms with E-state index in [1.54, 1.807) is 0 Å². The topological polar surface area (TPSA) is 3.24 Å². The Bertz CT molecular complexity index is 499. The molecule has 2 rings (SSSR count). The van der Waals surface area contributed by atoms with E-state index >= 15 is 0 Å². The summed E-state index contributed by atoms with van der Waals surface area (Å²) in [6, 6.07) is 7.39. The van der Waals surface area contributed by atoms with E-state index in [0.717, 1.165) is 12.0 Å². The summed E-state index contributed by atoms with van der Waals surface area (Å²) in [6.07, 6.45) is 6.05. The Balaban J connectivity index is 2.31. The number of hydrogen-bond donors (Lipinski definition) is 0. The third-order valence-electron chi connectivity index (χ3n) is 4.67. The lowest BCUT2D eigenvalue weighted by atomic mass is 9.94. The Morgan fingerprint density at radius 2 is 1.90 bits per heavy atom. The predicted octanol–water partition coefficient (Wildman–Crippen LogP) is 4.81. The molecule has 2 atom stereocenters. The fourth-order valence-electron chi connectivity index (χ4n) is 3.00. The summed E-state index contributed by atoms with van der Waals surface area (Å²) >= 11 is 0. The lowest BCUT2D eigenvalue weighted by Gasteiger charge is -2.38. The van der Waals surface area contributed by atoms with Crippen molar-refractivity contribution >= 4 is 8.07 Å². The molecule has 110 valence electrons. The molecule has 1 nitrogen and oxygen atoms in total. The second-order valence-corrected chi connectivity index (χ2v) is 12.8. The maximum absolute atomic E-state index is 2.53. The van der Waals surface area contributed by atoms with E-state index in [2.05, 4.69) is 75.8 Å². The first-order chi connectivity index (χ1) is 9.32. The van der Waals surface area contributed by atoms with Crippen LogP contribution in [0.4, 0.5) is 0 Å². The Labute approximate surface area is 125 Å². The molecule has 0 radical (unpaired) electrons. The highest BCUT2D eigenvalue weighted by Gasteiger charge is 2.31. The molecule has 0 N–H and O–H groups in total. The highest BCUT2D eigenvalue weighted by Crippen LogP contribution is 2.35. The van der Waals surface area contributed by atoms with E-state index in [0.29, 0.717) is 6.04 Å². The normalized spacial score (nSPS) is 24.1. The summed E-state index contributed by atoms with van der Waals surface area (Å²) in [5.74, 6) is 0. The molecule has 0 bridgehead atoms. The van der Waals surface area contributed by atoms with Crippen molar-refractivity contribution in [3.8, 4) is 0 Å². The predicted molar refractivity (Wildman–Crippen MR) is 92.2 cm³/mol. The van der Waals surface area contributed by atoms with Crippen LogP contribution in [0.2, 0.25) is 25.2 Å².